The second-order valence-electron chi connectivity index (χ2n) is 8.28. The number of rotatable bonds is 1. The van der Waals surface area contributed by atoms with Crippen LogP contribution >= 0.6 is 0 Å². The third kappa shape index (κ3) is 2.07. The highest BCUT2D eigenvalue weighted by Crippen LogP contribution is 2.64. The van der Waals surface area contributed by atoms with Crippen LogP contribution in [0.3, 0.4) is 0 Å². The molecule has 4 rings (SSSR count). The molecule has 4 heteroatoms. The summed E-state index contributed by atoms with van der Waals surface area (Å²) in [5.41, 5.74) is 0.345. The Morgan fingerprint density at radius 3 is 2.80 bits per heavy atom. The average Bonchev–Trinajstić information content (AvgIpc) is 2.81. The first-order chi connectivity index (χ1) is 11.9. The van der Waals surface area contributed by atoms with Crippen LogP contribution in [0.5, 0.6) is 5.75 Å². The number of methoxy groups -OCH3 is 1. The molecule has 1 aromatic rings. The zero-order valence-electron chi connectivity index (χ0n) is 14.8. The maximum absolute atomic E-state index is 11.1. The highest BCUT2D eigenvalue weighted by atomic mass is 16.5. The first kappa shape index (κ1) is 16.9. The van der Waals surface area contributed by atoms with Crippen LogP contribution < -0.4 is 0 Å². The highest BCUT2D eigenvalue weighted by Gasteiger charge is 2.67. The zero-order valence-corrected chi connectivity index (χ0v) is 14.8. The molecule has 0 amide bonds. The molecule has 0 heterocycles. The molecular weight excluding hydrogens is 316 g/mol. The van der Waals surface area contributed by atoms with E-state index in [1.54, 1.807) is 13.2 Å². The van der Waals surface area contributed by atoms with Crippen LogP contribution in [-0.2, 0) is 11.2 Å². The summed E-state index contributed by atoms with van der Waals surface area (Å²) >= 11 is 0. The van der Waals surface area contributed by atoms with Gasteiger partial charge < -0.3 is 20.1 Å². The maximum Gasteiger partial charge on any atom is 0.156 e. The van der Waals surface area contributed by atoms with E-state index in [2.05, 4.69) is 5.92 Å². The number of aliphatic hydroxyl groups excluding tert-OH is 1. The van der Waals surface area contributed by atoms with Gasteiger partial charge in [-0.2, -0.15) is 0 Å². The van der Waals surface area contributed by atoms with Gasteiger partial charge in [0.05, 0.1) is 12.2 Å². The Balaban J connectivity index is 1.81. The fourth-order valence-corrected chi connectivity index (χ4v) is 6.12. The first-order valence-electron chi connectivity index (χ1n) is 9.08. The van der Waals surface area contributed by atoms with Crippen LogP contribution in [0, 0.1) is 29.6 Å². The molecule has 0 aromatic heterocycles. The summed E-state index contributed by atoms with van der Waals surface area (Å²) < 4.78 is 5.87. The molecule has 3 aliphatic rings. The second-order valence-corrected chi connectivity index (χ2v) is 8.28. The van der Waals surface area contributed by atoms with E-state index in [0.717, 1.165) is 12.8 Å². The van der Waals surface area contributed by atoms with Crippen LogP contribution in [0.1, 0.15) is 43.2 Å². The Kier molecular flexibility index (Phi) is 3.70. The van der Waals surface area contributed by atoms with Crippen molar-refractivity contribution in [3.05, 3.63) is 29.3 Å². The highest BCUT2D eigenvalue weighted by molar-refractivity contribution is 5.42. The summed E-state index contributed by atoms with van der Waals surface area (Å²) in [6.07, 6.45) is 7.69. The van der Waals surface area contributed by atoms with Crippen molar-refractivity contribution >= 4 is 0 Å². The molecule has 1 aromatic carbocycles. The Hall–Kier alpha value is -1.54. The number of fused-ring (bicyclic) bond motifs is 5. The van der Waals surface area contributed by atoms with E-state index >= 15 is 0 Å². The Morgan fingerprint density at radius 1 is 1.36 bits per heavy atom. The lowest BCUT2D eigenvalue weighted by atomic mass is 9.52. The van der Waals surface area contributed by atoms with E-state index in [1.807, 2.05) is 19.1 Å². The summed E-state index contributed by atoms with van der Waals surface area (Å²) in [5.74, 6) is 3.48. The lowest BCUT2D eigenvalue weighted by molar-refractivity contribution is -0.134. The molecule has 0 saturated heterocycles. The largest absolute Gasteiger partial charge is 0.508 e. The molecule has 2 fully saturated rings. The molecule has 4 nitrogen and oxygen atoms in total. The van der Waals surface area contributed by atoms with Crippen LogP contribution in [0.25, 0.3) is 0 Å². The Labute approximate surface area is 148 Å². The predicted octanol–water partition coefficient (Wildman–Crippen LogP) is 2.21. The van der Waals surface area contributed by atoms with Crippen molar-refractivity contribution in [3.63, 3.8) is 0 Å². The van der Waals surface area contributed by atoms with Gasteiger partial charge in [-0.25, -0.2) is 0 Å². The van der Waals surface area contributed by atoms with Gasteiger partial charge in [-0.05, 0) is 60.8 Å². The fraction of sp³-hybridized carbons (Fsp3) is 0.619. The minimum Gasteiger partial charge on any atom is -0.508 e. The smallest absolute Gasteiger partial charge is 0.156 e. The van der Waals surface area contributed by atoms with Gasteiger partial charge in [-0.3, -0.25) is 0 Å². The SMILES string of the molecule is C#C[C@]1(O)[C@@H](O)C[C@H]2[C@@H]3CCc4cc(O)ccc4[C@H]3[C@@H](OC)C[C@@]21C. The van der Waals surface area contributed by atoms with Crippen molar-refractivity contribution in [2.45, 2.75) is 56.3 Å². The number of phenols is 1. The Morgan fingerprint density at radius 2 is 2.12 bits per heavy atom. The van der Waals surface area contributed by atoms with Crippen molar-refractivity contribution in [2.75, 3.05) is 7.11 Å². The number of aryl methyl sites for hydroxylation is 1. The number of aromatic hydroxyl groups is 1. The molecule has 7 atom stereocenters. The van der Waals surface area contributed by atoms with E-state index in [0.29, 0.717) is 24.5 Å². The zero-order chi connectivity index (χ0) is 18.0. The standard InChI is InChI=1S/C21H26O4/c1-4-21(24)18(23)10-16-15-7-5-12-9-13(22)6-8-14(12)19(15)17(25-3)11-20(16,21)2/h1,6,8-9,15-19,22-24H,5,7,10-11H2,2-3H3/t15-,16-,17-,18-,19+,20-,21-/m0/s1. The van der Waals surface area contributed by atoms with Gasteiger partial charge in [0.2, 0.25) is 0 Å². The molecular formula is C21H26O4. The maximum atomic E-state index is 11.1. The molecule has 2 saturated carbocycles. The molecule has 134 valence electrons. The minimum absolute atomic E-state index is 0.0694. The number of terminal acetylenes is 1. The summed E-state index contributed by atoms with van der Waals surface area (Å²) in [6, 6.07) is 5.60. The quantitative estimate of drug-likeness (QED) is 0.685. The van der Waals surface area contributed by atoms with Crippen molar-refractivity contribution in [1.29, 1.82) is 0 Å². The van der Waals surface area contributed by atoms with E-state index < -0.39 is 17.1 Å². The van der Waals surface area contributed by atoms with E-state index in [-0.39, 0.29) is 17.9 Å². The monoisotopic (exact) mass is 342 g/mol. The number of phenolic OH excluding ortho intramolecular Hbond substituents is 1. The Bertz CT molecular complexity index is 738. The van der Waals surface area contributed by atoms with Crippen LogP contribution in [-0.4, -0.2) is 40.2 Å². The van der Waals surface area contributed by atoms with E-state index in [4.69, 9.17) is 11.2 Å². The third-order valence-corrected chi connectivity index (χ3v) is 7.41. The van der Waals surface area contributed by atoms with Gasteiger partial charge >= 0.3 is 0 Å². The van der Waals surface area contributed by atoms with Gasteiger partial charge in [-0.1, -0.05) is 18.9 Å². The first-order valence-corrected chi connectivity index (χ1v) is 9.08. The number of ether oxygens (including phenoxy) is 1. The van der Waals surface area contributed by atoms with Crippen molar-refractivity contribution in [2.24, 2.45) is 17.3 Å². The lowest BCUT2D eigenvalue weighted by Gasteiger charge is -2.54. The number of hydrogen-bond donors (Lipinski definition) is 3. The summed E-state index contributed by atoms with van der Waals surface area (Å²) in [4.78, 5) is 0. The van der Waals surface area contributed by atoms with Crippen molar-refractivity contribution in [1.82, 2.24) is 0 Å². The fourth-order valence-electron chi connectivity index (χ4n) is 6.12. The normalized spacial score (nSPS) is 45.2. The van der Waals surface area contributed by atoms with Crippen LogP contribution in [0.2, 0.25) is 0 Å². The van der Waals surface area contributed by atoms with Gasteiger partial charge in [0, 0.05) is 18.4 Å². The van der Waals surface area contributed by atoms with Crippen molar-refractivity contribution in [3.8, 4) is 18.1 Å². The number of hydrogen-bond acceptors (Lipinski definition) is 4. The second kappa shape index (κ2) is 5.48. The van der Waals surface area contributed by atoms with Gasteiger partial charge in [0.1, 0.15) is 5.75 Å². The summed E-state index contributed by atoms with van der Waals surface area (Å²) in [5, 5.41) is 31.5. The third-order valence-electron chi connectivity index (χ3n) is 7.41. The van der Waals surface area contributed by atoms with Crippen LogP contribution in [0.15, 0.2) is 18.2 Å². The molecule has 0 radical (unpaired) electrons. The summed E-state index contributed by atoms with van der Waals surface area (Å²) in [7, 11) is 1.71. The van der Waals surface area contributed by atoms with Crippen molar-refractivity contribution < 1.29 is 20.1 Å². The minimum atomic E-state index is -1.51. The molecule has 0 aliphatic heterocycles. The number of benzene rings is 1. The predicted molar refractivity (Wildman–Crippen MR) is 94.1 cm³/mol. The van der Waals surface area contributed by atoms with E-state index in [9.17, 15) is 15.3 Å². The van der Waals surface area contributed by atoms with Gasteiger partial charge in [-0.15, -0.1) is 6.42 Å². The average molecular weight is 342 g/mol. The molecule has 3 N–H and O–H groups in total. The topological polar surface area (TPSA) is 69.9 Å². The molecule has 0 bridgehead atoms. The molecule has 3 aliphatic carbocycles. The molecule has 0 spiro atoms. The van der Waals surface area contributed by atoms with Gasteiger partial charge in [0.25, 0.3) is 0 Å². The van der Waals surface area contributed by atoms with Gasteiger partial charge in [0.15, 0.2) is 5.60 Å². The van der Waals surface area contributed by atoms with Crippen LogP contribution in [0.4, 0.5) is 0 Å². The lowest BCUT2D eigenvalue weighted by Crippen LogP contribution is -2.56. The molecule has 25 heavy (non-hydrogen) atoms. The van der Waals surface area contributed by atoms with E-state index in [1.165, 1.54) is 11.1 Å². The molecule has 0 unspecified atom stereocenters. The summed E-state index contributed by atoms with van der Waals surface area (Å²) in [6.45, 7) is 2.02. The number of aliphatic hydroxyl groups is 2.